The first-order chi connectivity index (χ1) is 14.9. The molecule has 0 aliphatic carbocycles. The van der Waals surface area contributed by atoms with Crippen molar-refractivity contribution in [2.75, 3.05) is 7.11 Å². The third-order valence-corrected chi connectivity index (χ3v) is 5.00. The molecular weight excluding hydrogens is 405 g/mol. The maximum absolute atomic E-state index is 13.3. The zero-order valence-corrected chi connectivity index (χ0v) is 16.3. The molecule has 0 unspecified atom stereocenters. The quantitative estimate of drug-likeness (QED) is 0.379. The molecule has 0 atom stereocenters. The second-order valence-electron chi connectivity index (χ2n) is 6.96. The number of benzene rings is 3. The number of methoxy groups -OCH3 is 1. The van der Waals surface area contributed by atoms with Gasteiger partial charge in [0.05, 0.1) is 18.5 Å². The molecule has 0 saturated carbocycles. The van der Waals surface area contributed by atoms with Crippen LogP contribution in [-0.2, 0) is 6.18 Å². The molecule has 0 saturated heterocycles. The fraction of sp³-hybridized carbons (Fsp3) is 0.0870. The van der Waals surface area contributed by atoms with Gasteiger partial charge in [-0.15, -0.1) is 5.10 Å². The van der Waals surface area contributed by atoms with Crippen LogP contribution in [0.25, 0.3) is 39.1 Å². The van der Waals surface area contributed by atoms with Crippen LogP contribution in [0, 0.1) is 0 Å². The molecule has 154 valence electrons. The van der Waals surface area contributed by atoms with E-state index in [1.165, 1.54) is 0 Å². The number of fused-ring (bicyclic) bond motifs is 2. The van der Waals surface area contributed by atoms with Crippen molar-refractivity contribution in [1.29, 1.82) is 0 Å². The highest BCUT2D eigenvalue weighted by Crippen LogP contribution is 2.31. The number of hydrogen-bond acceptors (Lipinski definition) is 4. The Morgan fingerprint density at radius 1 is 0.806 bits per heavy atom. The van der Waals surface area contributed by atoms with Crippen molar-refractivity contribution < 1.29 is 17.9 Å². The number of ether oxygens (including phenoxy) is 1. The minimum atomic E-state index is -4.67. The van der Waals surface area contributed by atoms with Gasteiger partial charge in [-0.3, -0.25) is 0 Å². The lowest BCUT2D eigenvalue weighted by molar-refractivity contribution is -0.144. The summed E-state index contributed by atoms with van der Waals surface area (Å²) < 4.78 is 46.1. The Hall–Kier alpha value is -3.94. The first-order valence-electron chi connectivity index (χ1n) is 9.41. The van der Waals surface area contributed by atoms with E-state index in [1.54, 1.807) is 37.4 Å². The third kappa shape index (κ3) is 3.46. The molecule has 0 spiro atoms. The molecule has 0 N–H and O–H groups in total. The Morgan fingerprint density at radius 3 is 2.23 bits per heavy atom. The van der Waals surface area contributed by atoms with Gasteiger partial charge in [0.1, 0.15) is 5.75 Å². The normalized spacial score (nSPS) is 11.9. The second-order valence-corrected chi connectivity index (χ2v) is 6.96. The van der Waals surface area contributed by atoms with Gasteiger partial charge in [0.2, 0.25) is 0 Å². The molecule has 0 fully saturated rings. The van der Waals surface area contributed by atoms with Crippen molar-refractivity contribution in [3.63, 3.8) is 0 Å². The minimum Gasteiger partial charge on any atom is -0.497 e. The summed E-state index contributed by atoms with van der Waals surface area (Å²) in [6, 6.07) is 22.3. The largest absolute Gasteiger partial charge is 0.497 e. The number of rotatable bonds is 3. The molecule has 31 heavy (non-hydrogen) atoms. The first-order valence-corrected chi connectivity index (χ1v) is 9.41. The van der Waals surface area contributed by atoms with Crippen molar-refractivity contribution >= 4 is 16.6 Å². The van der Waals surface area contributed by atoms with Gasteiger partial charge in [0, 0.05) is 11.1 Å². The summed E-state index contributed by atoms with van der Waals surface area (Å²) in [5.41, 5.74) is 2.38. The summed E-state index contributed by atoms with van der Waals surface area (Å²) in [4.78, 5) is 8.01. The van der Waals surface area contributed by atoms with E-state index >= 15 is 0 Å². The van der Waals surface area contributed by atoms with E-state index in [9.17, 15) is 13.2 Å². The summed E-state index contributed by atoms with van der Waals surface area (Å²) in [6.45, 7) is 0. The van der Waals surface area contributed by atoms with E-state index in [2.05, 4.69) is 15.1 Å². The van der Waals surface area contributed by atoms with Crippen LogP contribution in [-0.4, -0.2) is 26.7 Å². The topological polar surface area (TPSA) is 52.3 Å². The van der Waals surface area contributed by atoms with Gasteiger partial charge in [-0.1, -0.05) is 36.4 Å². The average molecular weight is 420 g/mol. The number of halogens is 3. The molecule has 2 heterocycles. The summed E-state index contributed by atoms with van der Waals surface area (Å²) in [6.07, 6.45) is -4.67. The van der Waals surface area contributed by atoms with Gasteiger partial charge in [-0.25, -0.2) is 4.98 Å². The molecule has 0 radical (unpaired) electrons. The Bertz CT molecular complexity index is 1410. The molecule has 8 heteroatoms. The third-order valence-electron chi connectivity index (χ3n) is 5.00. The van der Waals surface area contributed by atoms with Crippen molar-refractivity contribution in [3.05, 3.63) is 78.6 Å². The highest BCUT2D eigenvalue weighted by Gasteiger charge is 2.37. The van der Waals surface area contributed by atoms with Gasteiger partial charge in [-0.2, -0.15) is 22.7 Å². The van der Waals surface area contributed by atoms with E-state index in [0.29, 0.717) is 22.7 Å². The second kappa shape index (κ2) is 7.09. The molecule has 2 aromatic heterocycles. The average Bonchev–Trinajstić information content (AvgIpc) is 3.23. The van der Waals surface area contributed by atoms with Gasteiger partial charge in [0.15, 0.2) is 0 Å². The van der Waals surface area contributed by atoms with Crippen molar-refractivity contribution in [3.8, 4) is 28.3 Å². The molecule has 0 aliphatic heterocycles. The summed E-state index contributed by atoms with van der Waals surface area (Å²) >= 11 is 0. The monoisotopic (exact) mass is 420 g/mol. The van der Waals surface area contributed by atoms with Gasteiger partial charge < -0.3 is 4.74 Å². The Morgan fingerprint density at radius 2 is 1.52 bits per heavy atom. The maximum Gasteiger partial charge on any atom is 0.453 e. The zero-order valence-electron chi connectivity index (χ0n) is 16.3. The first kappa shape index (κ1) is 19.0. The van der Waals surface area contributed by atoms with Crippen LogP contribution in [0.1, 0.15) is 5.82 Å². The van der Waals surface area contributed by atoms with E-state index in [4.69, 9.17) is 4.74 Å². The molecule has 5 nitrogen and oxygen atoms in total. The highest BCUT2D eigenvalue weighted by atomic mass is 19.4. The number of aromatic nitrogens is 4. The maximum atomic E-state index is 13.3. The smallest absolute Gasteiger partial charge is 0.453 e. The standard InChI is InChI=1S/C23H15F3N4O/c1-31-18-10-8-15(9-11-18)20-13-19(17-7-6-14-4-2-3-5-16(14)12-17)27-22-28-21(23(24,25)26)29-30(20)22/h2-13H,1H3. The van der Waals surface area contributed by atoms with Crippen LogP contribution in [0.2, 0.25) is 0 Å². The lowest BCUT2D eigenvalue weighted by atomic mass is 10.0. The van der Waals surface area contributed by atoms with Crippen LogP contribution in [0.3, 0.4) is 0 Å². The minimum absolute atomic E-state index is 0.121. The number of hydrogen-bond donors (Lipinski definition) is 0. The van der Waals surface area contributed by atoms with Gasteiger partial charge in [0.25, 0.3) is 11.6 Å². The molecule has 5 rings (SSSR count). The van der Waals surface area contributed by atoms with E-state index in [-0.39, 0.29) is 5.78 Å². The van der Waals surface area contributed by atoms with E-state index in [0.717, 1.165) is 20.9 Å². The zero-order chi connectivity index (χ0) is 21.6. The fourth-order valence-electron chi connectivity index (χ4n) is 3.45. The summed E-state index contributed by atoms with van der Waals surface area (Å²) in [5.74, 6) is -0.715. The molecular formula is C23H15F3N4O. The van der Waals surface area contributed by atoms with Crippen molar-refractivity contribution in [1.82, 2.24) is 19.6 Å². The highest BCUT2D eigenvalue weighted by molar-refractivity contribution is 5.87. The van der Waals surface area contributed by atoms with E-state index in [1.807, 2.05) is 42.5 Å². The Kier molecular flexibility index (Phi) is 4.35. The molecule has 0 bridgehead atoms. The molecule has 0 aliphatic rings. The van der Waals surface area contributed by atoms with Crippen molar-refractivity contribution in [2.24, 2.45) is 0 Å². The lowest BCUT2D eigenvalue weighted by Gasteiger charge is -2.09. The predicted octanol–water partition coefficient (Wildman–Crippen LogP) is 5.64. The SMILES string of the molecule is COc1ccc(-c2cc(-c3ccc4ccccc4c3)nc3nc(C(F)(F)F)nn23)cc1. The molecule has 0 amide bonds. The van der Waals surface area contributed by atoms with Crippen LogP contribution in [0.15, 0.2) is 72.8 Å². The summed E-state index contributed by atoms with van der Waals surface area (Å²) in [5, 5.41) is 5.74. The fourth-order valence-corrected chi connectivity index (χ4v) is 3.45. The predicted molar refractivity (Wildman–Crippen MR) is 111 cm³/mol. The van der Waals surface area contributed by atoms with E-state index < -0.39 is 12.0 Å². The number of alkyl halides is 3. The van der Waals surface area contributed by atoms with Crippen LogP contribution in [0.5, 0.6) is 5.75 Å². The molecule has 5 aromatic rings. The summed E-state index contributed by atoms with van der Waals surface area (Å²) in [7, 11) is 1.55. The Balaban J connectivity index is 1.74. The van der Waals surface area contributed by atoms with Crippen LogP contribution in [0.4, 0.5) is 13.2 Å². The van der Waals surface area contributed by atoms with Crippen LogP contribution < -0.4 is 4.74 Å². The molecule has 3 aromatic carbocycles. The van der Waals surface area contributed by atoms with Gasteiger partial charge >= 0.3 is 6.18 Å². The van der Waals surface area contributed by atoms with Crippen LogP contribution >= 0.6 is 0 Å². The van der Waals surface area contributed by atoms with Crippen molar-refractivity contribution in [2.45, 2.75) is 6.18 Å². The number of nitrogens with zero attached hydrogens (tertiary/aromatic N) is 4. The lowest BCUT2D eigenvalue weighted by Crippen LogP contribution is -2.07. The van der Waals surface area contributed by atoms with Gasteiger partial charge in [-0.05, 0) is 47.2 Å². The Labute approximate surface area is 174 Å².